The summed E-state index contributed by atoms with van der Waals surface area (Å²) in [6.07, 6.45) is 16.8. The van der Waals surface area contributed by atoms with Crippen LogP contribution in [0.4, 0.5) is 0 Å². The van der Waals surface area contributed by atoms with E-state index >= 15 is 0 Å². The molecule has 0 heteroatoms. The first kappa shape index (κ1) is 11.3. The van der Waals surface area contributed by atoms with Gasteiger partial charge in [0.2, 0.25) is 0 Å². The fourth-order valence-electron chi connectivity index (χ4n) is 4.44. The molecule has 92 valence electrons. The van der Waals surface area contributed by atoms with E-state index in [-0.39, 0.29) is 0 Å². The molecule has 0 heterocycles. The molecule has 0 bridgehead atoms. The minimum absolute atomic E-state index is 0.748. The smallest absolute Gasteiger partial charge is 0.0134 e. The number of allylic oxidation sites excluding steroid dienone is 5. The lowest BCUT2D eigenvalue weighted by atomic mass is 9.64. The van der Waals surface area contributed by atoms with Gasteiger partial charge in [0.05, 0.1) is 0 Å². The van der Waals surface area contributed by atoms with Gasteiger partial charge in [-0.15, -0.1) is 0 Å². The first-order valence-corrected chi connectivity index (χ1v) is 7.26. The molecule has 0 saturated heterocycles. The van der Waals surface area contributed by atoms with Crippen LogP contribution in [0.5, 0.6) is 0 Å². The minimum Gasteiger partial charge on any atom is -0.0998 e. The Kier molecular flexibility index (Phi) is 2.98. The molecule has 0 aromatic carbocycles. The topological polar surface area (TPSA) is 0 Å². The number of fused-ring (bicyclic) bond motifs is 3. The van der Waals surface area contributed by atoms with Gasteiger partial charge >= 0.3 is 0 Å². The fourth-order valence-corrected chi connectivity index (χ4v) is 4.44. The van der Waals surface area contributed by atoms with E-state index in [0.717, 1.165) is 29.6 Å². The van der Waals surface area contributed by atoms with Crippen LogP contribution in [0.1, 0.15) is 39.0 Å². The highest BCUT2D eigenvalue weighted by Crippen LogP contribution is 2.49. The van der Waals surface area contributed by atoms with Crippen molar-refractivity contribution >= 4 is 0 Å². The molecule has 3 aliphatic rings. The van der Waals surface area contributed by atoms with E-state index in [1.165, 1.54) is 37.7 Å². The van der Waals surface area contributed by atoms with Crippen molar-refractivity contribution in [3.05, 3.63) is 36.5 Å². The predicted octanol–water partition coefficient (Wildman–Crippen LogP) is 4.75. The highest BCUT2D eigenvalue weighted by molar-refractivity contribution is 5.16. The Hall–Kier alpha value is -0.780. The molecule has 0 N–H and O–H groups in total. The van der Waals surface area contributed by atoms with Gasteiger partial charge in [0, 0.05) is 0 Å². The molecule has 17 heavy (non-hydrogen) atoms. The van der Waals surface area contributed by atoms with Crippen LogP contribution in [0.3, 0.4) is 0 Å². The van der Waals surface area contributed by atoms with Crippen LogP contribution in [0.25, 0.3) is 0 Å². The quantitative estimate of drug-likeness (QED) is 0.568. The third-order valence-electron chi connectivity index (χ3n) is 5.28. The highest BCUT2D eigenvalue weighted by Gasteiger charge is 2.40. The third-order valence-corrected chi connectivity index (χ3v) is 5.28. The maximum Gasteiger partial charge on any atom is -0.0134 e. The van der Waals surface area contributed by atoms with E-state index in [2.05, 4.69) is 37.8 Å². The monoisotopic (exact) mass is 228 g/mol. The summed E-state index contributed by atoms with van der Waals surface area (Å²) in [6, 6.07) is 0. The number of hydrogen-bond acceptors (Lipinski definition) is 0. The van der Waals surface area contributed by atoms with Crippen molar-refractivity contribution in [2.24, 2.45) is 29.6 Å². The molecular formula is C17H24. The number of hydrogen-bond donors (Lipinski definition) is 0. The Morgan fingerprint density at radius 2 is 1.76 bits per heavy atom. The number of rotatable bonds is 1. The molecule has 5 atom stereocenters. The zero-order chi connectivity index (χ0) is 11.8. The van der Waals surface area contributed by atoms with Gasteiger partial charge in [0.1, 0.15) is 0 Å². The van der Waals surface area contributed by atoms with E-state index in [1.807, 2.05) is 0 Å². The molecule has 0 aliphatic heterocycles. The van der Waals surface area contributed by atoms with E-state index in [1.54, 1.807) is 0 Å². The van der Waals surface area contributed by atoms with E-state index in [0.29, 0.717) is 0 Å². The predicted molar refractivity (Wildman–Crippen MR) is 73.6 cm³/mol. The largest absolute Gasteiger partial charge is 0.0998 e. The first-order valence-electron chi connectivity index (χ1n) is 7.26. The molecule has 0 radical (unpaired) electrons. The van der Waals surface area contributed by atoms with Crippen LogP contribution < -0.4 is 0 Å². The SMILES string of the molecule is C=C(C)C1CCCC2C3C=CCC3CC=CC12. The molecule has 0 aromatic rings. The van der Waals surface area contributed by atoms with Crippen LogP contribution in [-0.2, 0) is 0 Å². The van der Waals surface area contributed by atoms with E-state index in [9.17, 15) is 0 Å². The average molecular weight is 228 g/mol. The van der Waals surface area contributed by atoms with Gasteiger partial charge in [-0.3, -0.25) is 0 Å². The minimum atomic E-state index is 0.748. The molecular weight excluding hydrogens is 204 g/mol. The van der Waals surface area contributed by atoms with Crippen LogP contribution in [0, 0.1) is 29.6 Å². The van der Waals surface area contributed by atoms with Crippen molar-refractivity contribution in [2.75, 3.05) is 0 Å². The van der Waals surface area contributed by atoms with Crippen LogP contribution in [-0.4, -0.2) is 0 Å². The van der Waals surface area contributed by atoms with Crippen LogP contribution in [0.2, 0.25) is 0 Å². The summed E-state index contributed by atoms with van der Waals surface area (Å²) in [4.78, 5) is 0. The molecule has 3 rings (SSSR count). The van der Waals surface area contributed by atoms with Crippen molar-refractivity contribution in [1.82, 2.24) is 0 Å². The van der Waals surface area contributed by atoms with Gasteiger partial charge in [-0.25, -0.2) is 0 Å². The van der Waals surface area contributed by atoms with Crippen molar-refractivity contribution in [2.45, 2.75) is 39.0 Å². The van der Waals surface area contributed by atoms with Crippen molar-refractivity contribution in [3.8, 4) is 0 Å². The van der Waals surface area contributed by atoms with Crippen LogP contribution >= 0.6 is 0 Å². The van der Waals surface area contributed by atoms with Gasteiger partial charge < -0.3 is 0 Å². The maximum atomic E-state index is 4.23. The summed E-state index contributed by atoms with van der Waals surface area (Å²) in [7, 11) is 0. The maximum absolute atomic E-state index is 4.23. The normalized spacial score (nSPS) is 43.9. The van der Waals surface area contributed by atoms with Gasteiger partial charge in [-0.2, -0.15) is 0 Å². The second-order valence-electron chi connectivity index (χ2n) is 6.29. The summed E-state index contributed by atoms with van der Waals surface area (Å²) in [5, 5.41) is 0. The van der Waals surface area contributed by atoms with Gasteiger partial charge in [-0.1, -0.05) is 42.9 Å². The summed E-state index contributed by atoms with van der Waals surface area (Å²) in [6.45, 7) is 6.46. The molecule has 5 unspecified atom stereocenters. The zero-order valence-corrected chi connectivity index (χ0v) is 10.9. The van der Waals surface area contributed by atoms with Crippen molar-refractivity contribution in [3.63, 3.8) is 0 Å². The Morgan fingerprint density at radius 3 is 2.47 bits per heavy atom. The molecule has 3 aliphatic carbocycles. The van der Waals surface area contributed by atoms with Crippen LogP contribution in [0.15, 0.2) is 36.5 Å². The highest BCUT2D eigenvalue weighted by atomic mass is 14.4. The molecule has 1 saturated carbocycles. The van der Waals surface area contributed by atoms with Gasteiger partial charge in [-0.05, 0) is 62.2 Å². The molecule has 0 spiro atoms. The van der Waals surface area contributed by atoms with Crippen molar-refractivity contribution in [1.29, 1.82) is 0 Å². The lowest BCUT2D eigenvalue weighted by Gasteiger charge is -2.40. The van der Waals surface area contributed by atoms with E-state index < -0.39 is 0 Å². The lowest BCUT2D eigenvalue weighted by Crippen LogP contribution is -2.32. The second kappa shape index (κ2) is 4.48. The average Bonchev–Trinajstić information content (AvgIpc) is 2.70. The third kappa shape index (κ3) is 1.92. The molecule has 0 nitrogen and oxygen atoms in total. The Balaban J connectivity index is 1.89. The summed E-state index contributed by atoms with van der Waals surface area (Å²) in [5.74, 6) is 4.19. The molecule has 0 aromatic heterocycles. The van der Waals surface area contributed by atoms with Gasteiger partial charge in [0.15, 0.2) is 0 Å². The zero-order valence-electron chi connectivity index (χ0n) is 10.9. The molecule has 0 amide bonds. The second-order valence-corrected chi connectivity index (χ2v) is 6.29. The Labute approximate surface area is 105 Å². The lowest BCUT2D eigenvalue weighted by molar-refractivity contribution is 0.154. The van der Waals surface area contributed by atoms with Crippen molar-refractivity contribution < 1.29 is 0 Å². The molecule has 1 fully saturated rings. The Bertz CT molecular complexity index is 360. The fraction of sp³-hybridized carbons (Fsp3) is 0.647. The van der Waals surface area contributed by atoms with E-state index in [4.69, 9.17) is 0 Å². The Morgan fingerprint density at radius 1 is 1.06 bits per heavy atom. The standard InChI is InChI=1S/C17H24/c1-12(2)14-8-5-11-17-15-9-3-6-13(15)7-4-10-16(14)17/h3-4,9-10,13-17H,1,5-8,11H2,2H3. The first-order chi connectivity index (χ1) is 8.27. The van der Waals surface area contributed by atoms with Gasteiger partial charge in [0.25, 0.3) is 0 Å². The summed E-state index contributed by atoms with van der Waals surface area (Å²) < 4.78 is 0. The summed E-state index contributed by atoms with van der Waals surface area (Å²) in [5.41, 5.74) is 1.41. The summed E-state index contributed by atoms with van der Waals surface area (Å²) >= 11 is 0.